The Labute approximate surface area is 866 Å². The Morgan fingerprint density at radius 1 is 0.361 bits per heavy atom. The smallest absolute Gasteiger partial charge is 0.264 e. The van der Waals surface area contributed by atoms with Gasteiger partial charge in [-0.25, -0.2) is 53.6 Å². The summed E-state index contributed by atoms with van der Waals surface area (Å²) in [6.07, 6.45) is 19.8. The van der Waals surface area contributed by atoms with Gasteiger partial charge in [0.15, 0.2) is 62.5 Å². The molecule has 4 N–H and O–H groups in total. The second kappa shape index (κ2) is 47.8. The maximum absolute atomic E-state index is 13.2. The summed E-state index contributed by atoms with van der Waals surface area (Å²) >= 11 is 26.9. The predicted octanol–water partition coefficient (Wildman–Crippen LogP) is 17.3. The molecule has 4 aromatic carbocycles. The van der Waals surface area contributed by atoms with Crippen LogP contribution in [0.25, 0.3) is 66.4 Å². The van der Waals surface area contributed by atoms with Crippen LogP contribution in [-0.4, -0.2) is 194 Å². The number of ketones is 4. The molecule has 144 heavy (non-hydrogen) atoms. The van der Waals surface area contributed by atoms with E-state index in [1.807, 2.05) is 99.0 Å². The Morgan fingerprint density at radius 3 is 0.903 bits per heavy atom. The molecule has 30 nitrogen and oxygen atoms in total. The molecule has 0 atom stereocenters. The lowest BCUT2D eigenvalue weighted by Crippen LogP contribution is -2.33. The molecule has 1 saturated carbocycles. The fourth-order valence-corrected chi connectivity index (χ4v) is 27.0. The highest BCUT2D eigenvalue weighted by atomic mass is 35.5. The number of fused-ring (bicyclic) bond motifs is 4. The molecule has 0 bridgehead atoms. The van der Waals surface area contributed by atoms with Crippen LogP contribution in [0.3, 0.4) is 0 Å². The van der Waals surface area contributed by atoms with E-state index >= 15 is 0 Å². The Kier molecular flexibility index (Phi) is 35.2. The number of thiophene rings is 4. The molecule has 0 unspecified atom stereocenters. The lowest BCUT2D eigenvalue weighted by Gasteiger charge is -2.26. The number of piperidine rings is 1. The first-order valence-corrected chi connectivity index (χ1v) is 57.1. The molecule has 42 heteroatoms. The predicted molar refractivity (Wildman–Crippen MR) is 576 cm³/mol. The van der Waals surface area contributed by atoms with Crippen LogP contribution in [0.2, 0.25) is 17.3 Å². The topological polar surface area (TPSA) is 399 Å². The van der Waals surface area contributed by atoms with Crippen molar-refractivity contribution in [3.05, 3.63) is 325 Å². The minimum absolute atomic E-state index is 0.0708. The van der Waals surface area contributed by atoms with Gasteiger partial charge in [-0.3, -0.25) is 56.6 Å². The van der Waals surface area contributed by atoms with Gasteiger partial charge >= 0.3 is 0 Å². The molecule has 0 amide bonds. The van der Waals surface area contributed by atoms with E-state index in [0.717, 1.165) is 154 Å². The summed E-state index contributed by atoms with van der Waals surface area (Å²) in [5, 5.41) is 19.2. The maximum atomic E-state index is 13.2. The fraction of sp³-hybridized carbons (Fsp3) is 0.255. The van der Waals surface area contributed by atoms with E-state index < -0.39 is 85.5 Å². The Balaban J connectivity index is 0.000000145. The van der Waals surface area contributed by atoms with E-state index in [1.54, 1.807) is 85.5 Å². The molecule has 748 valence electrons. The number of aromatic nitrogens is 8. The van der Waals surface area contributed by atoms with E-state index in [2.05, 4.69) is 57.9 Å². The number of hydrogen-bond acceptors (Lipinski definition) is 30. The number of pyridine rings is 8. The van der Waals surface area contributed by atoms with Crippen LogP contribution in [0, 0.1) is 5.92 Å². The monoisotopic (exact) mass is 2170 g/mol. The van der Waals surface area contributed by atoms with Crippen molar-refractivity contribution in [2.45, 2.75) is 88.0 Å². The zero-order valence-corrected chi connectivity index (χ0v) is 87.6. The molecule has 1 aliphatic heterocycles. The van der Waals surface area contributed by atoms with E-state index in [4.69, 9.17) is 46.4 Å². The summed E-state index contributed by atoms with van der Waals surface area (Å²) in [6.45, 7) is 9.78. The molecule has 13 heterocycles. The van der Waals surface area contributed by atoms with Crippen molar-refractivity contribution in [3.63, 3.8) is 0 Å². The number of Topliss-reactive ketones (excluding diaryl/α,β-unsaturated/α-hetero) is 4. The molecule has 12 aromatic heterocycles. The number of benzene rings is 4. The molecule has 1 saturated heterocycles. The van der Waals surface area contributed by atoms with Crippen molar-refractivity contribution in [1.29, 1.82) is 0 Å². The van der Waals surface area contributed by atoms with Crippen molar-refractivity contribution < 1.29 is 52.8 Å². The number of likely N-dealkylation sites (tertiary alicyclic amines) is 1. The molecular formula is C102H98Cl4N14O16S8. The highest BCUT2D eigenvalue weighted by Gasteiger charge is 2.28. The van der Waals surface area contributed by atoms with Gasteiger partial charge < -0.3 is 31.1 Å². The second-order valence-electron chi connectivity index (χ2n) is 34.7. The van der Waals surface area contributed by atoms with Gasteiger partial charge in [0.1, 0.15) is 63.1 Å². The maximum Gasteiger partial charge on any atom is 0.264 e. The molecule has 0 radical (unpaired) electrons. The average Bonchev–Trinajstić information content (AvgIpc) is 1.45. The first kappa shape index (κ1) is 106. The van der Waals surface area contributed by atoms with E-state index in [0.29, 0.717) is 84.4 Å². The molecule has 2 aliphatic rings. The van der Waals surface area contributed by atoms with Crippen LogP contribution in [0.4, 0.5) is 22.7 Å². The van der Waals surface area contributed by atoms with Gasteiger partial charge in [-0.05, 0) is 279 Å². The molecule has 18 rings (SSSR count). The molecule has 0 spiro atoms. The lowest BCUT2D eigenvalue weighted by molar-refractivity contribution is -0.116. The summed E-state index contributed by atoms with van der Waals surface area (Å²) in [5.41, 5.74) is 5.36. The Bertz CT molecular complexity index is 8190. The number of halogens is 4. The number of nitrogens with one attached hydrogen (secondary N) is 4. The number of rotatable bonds is 38. The standard InChI is InChI=1S/C28H29ClN4O4S2.C25H25ClN4O4S2.C25H22ClN3O4S2.C24H22ClN3O4S2/c29-25-7-9-27(38-25)39(36,37)19-23(34)16-20-4-8-26(31-18-20)33-14-10-21-17-22(5-6-24(21)28(33)35)30-11-15-32-12-2-1-3-13-32;1-29(2)12-10-27-19-4-5-21-18(14-19)9-11-30(25(21)32)23-7-3-17(15-28-23)13-20(31)16-36(33,34)24-8-6-22(26)35-24;26-22-6-8-24(34-22)35(32,33)15-20(30)11-17-3-7-23(28-14-17)29-10-9-18-12-19(27-13-16-1-2-16)4-5-21(18)25(29)31;1-2-10-26-18-4-5-20-17(13-18)9-11-28(24(20)30)22-7-3-16(14-27-22)12-19(29)15-34(31,32)23-8-6-21(25)33-23/h4-10,14,17-18,30H,1-3,11-13,15-16,19H2;3-9,11,14-15,27H,10,12-13,16H2,1-2H3;3-10,12,14,16,27H,1-2,11,13,15H2;3-9,11,13-14,26H,2,10,12,15H2,1H3. The SMILES string of the molecule is CCCNc1ccc2c(=O)n(-c3ccc(CC(=O)CS(=O)(=O)c4ccc(Cl)s4)cn3)ccc2c1.CN(C)CCNc1ccc2c(=O)n(-c3ccc(CC(=O)CS(=O)(=O)c4ccc(Cl)s4)cn3)ccc2c1.O=C(Cc1ccc(-n2ccc3cc(NCC4CC4)ccc3c2=O)nc1)CS(=O)(=O)c1ccc(Cl)s1.O=C(Cc1ccc(-n2ccc3cc(NCCN4CCCCC4)ccc3c2=O)nc1)CS(=O)(=O)c1ccc(Cl)s1. The third kappa shape index (κ3) is 28.3. The molecule has 1 aliphatic carbocycles. The number of anilines is 4. The van der Waals surface area contributed by atoms with Gasteiger partial charge in [0.2, 0.25) is 0 Å². The van der Waals surface area contributed by atoms with Crippen LogP contribution in [-0.2, 0) is 84.2 Å². The van der Waals surface area contributed by atoms with E-state index in [1.165, 1.54) is 124 Å². The Morgan fingerprint density at radius 2 is 0.646 bits per heavy atom. The molecular weight excluding hydrogens is 2080 g/mol. The lowest BCUT2D eigenvalue weighted by atomic mass is 10.1. The number of likely N-dealkylation sites (N-methyl/N-ethyl adjacent to an activating group) is 1. The number of hydrogen-bond donors (Lipinski definition) is 4. The van der Waals surface area contributed by atoms with Crippen LogP contribution in [0.15, 0.2) is 280 Å². The highest BCUT2D eigenvalue weighted by Crippen LogP contribution is 2.34. The van der Waals surface area contributed by atoms with Gasteiger partial charge in [-0.1, -0.05) is 84.0 Å². The third-order valence-corrected chi connectivity index (χ3v) is 37.2. The van der Waals surface area contributed by atoms with Crippen LogP contribution in [0.1, 0.15) is 67.7 Å². The number of carbonyl (C=O) groups excluding carboxylic acids is 4. The number of carbonyl (C=O) groups is 4. The highest BCUT2D eigenvalue weighted by molar-refractivity contribution is 7.95. The van der Waals surface area contributed by atoms with Crippen molar-refractivity contribution in [1.82, 2.24) is 48.0 Å². The van der Waals surface area contributed by atoms with Gasteiger partial charge in [-0.2, -0.15) is 0 Å². The van der Waals surface area contributed by atoms with Crippen molar-refractivity contribution >= 4 is 220 Å². The molecule has 2 fully saturated rings. The van der Waals surface area contributed by atoms with Gasteiger partial charge in [0.05, 0.1) is 17.3 Å². The second-order valence-corrected chi connectivity index (χ2v) is 50.4. The van der Waals surface area contributed by atoms with Crippen LogP contribution < -0.4 is 43.5 Å². The van der Waals surface area contributed by atoms with Crippen LogP contribution in [0.5, 0.6) is 0 Å². The normalized spacial score (nSPS) is 12.9. The fourth-order valence-electron chi connectivity index (χ4n) is 15.7. The summed E-state index contributed by atoms with van der Waals surface area (Å²) in [7, 11) is -10.9. The molecule has 16 aromatic rings. The van der Waals surface area contributed by atoms with E-state index in [-0.39, 0.29) is 64.8 Å². The number of sulfone groups is 4. The quantitative estimate of drug-likeness (QED) is 0.0279. The number of nitrogens with zero attached hydrogens (tertiary/aromatic N) is 10. The van der Waals surface area contributed by atoms with Crippen LogP contribution >= 0.6 is 91.8 Å². The zero-order chi connectivity index (χ0) is 102. The largest absolute Gasteiger partial charge is 0.385 e. The van der Waals surface area contributed by atoms with Gasteiger partial charge in [-0.15, -0.1) is 45.3 Å². The summed E-state index contributed by atoms with van der Waals surface area (Å²) < 4.78 is 107. The first-order chi connectivity index (χ1) is 68.9. The van der Waals surface area contributed by atoms with Crippen molar-refractivity contribution in [2.75, 3.05) is 111 Å². The van der Waals surface area contributed by atoms with Crippen molar-refractivity contribution in [2.24, 2.45) is 5.92 Å². The first-order valence-electron chi connectivity index (χ1n) is 45.7. The Hall–Kier alpha value is -12.1. The van der Waals surface area contributed by atoms with Gasteiger partial charge in [0.25, 0.3) is 22.2 Å². The summed E-state index contributed by atoms with van der Waals surface area (Å²) in [6, 6.07) is 55.0. The minimum atomic E-state index is -3.74. The third-order valence-electron chi connectivity index (χ3n) is 23.2. The van der Waals surface area contributed by atoms with Gasteiger partial charge in [0, 0.05) is 159 Å². The average molecular weight is 2170 g/mol. The zero-order valence-electron chi connectivity index (χ0n) is 78.0. The summed E-state index contributed by atoms with van der Waals surface area (Å²) in [4.78, 5) is 124. The van der Waals surface area contributed by atoms with Crippen molar-refractivity contribution in [3.8, 4) is 23.3 Å². The van der Waals surface area contributed by atoms with E-state index in [9.17, 15) is 72.0 Å². The minimum Gasteiger partial charge on any atom is -0.385 e. The summed E-state index contributed by atoms with van der Waals surface area (Å²) in [5.74, 6) is -1.80.